The van der Waals surface area contributed by atoms with Gasteiger partial charge in [-0.3, -0.25) is 24.3 Å². The lowest BCUT2D eigenvalue weighted by molar-refractivity contribution is -0.144. The minimum Gasteiger partial charge on any atom is -0.493 e. The highest BCUT2D eigenvalue weighted by Gasteiger charge is 2.49. The molecule has 0 spiro atoms. The first-order chi connectivity index (χ1) is 19.4. The first-order valence-corrected chi connectivity index (χ1v) is 13.8. The van der Waals surface area contributed by atoms with Crippen LogP contribution in [0.2, 0.25) is 0 Å². The van der Waals surface area contributed by atoms with Gasteiger partial charge in [0.05, 0.1) is 31.5 Å². The monoisotopic (exact) mass is 552 g/mol. The van der Waals surface area contributed by atoms with Crippen LogP contribution >= 0.6 is 0 Å². The predicted molar refractivity (Wildman–Crippen MR) is 146 cm³/mol. The average molecular weight is 553 g/mol. The van der Waals surface area contributed by atoms with Gasteiger partial charge in [-0.2, -0.15) is 0 Å². The van der Waals surface area contributed by atoms with Crippen LogP contribution in [0.3, 0.4) is 0 Å². The van der Waals surface area contributed by atoms with Gasteiger partial charge < -0.3 is 29.1 Å². The summed E-state index contributed by atoms with van der Waals surface area (Å²) in [4.78, 5) is 48.8. The number of anilines is 1. The SMILES string of the molecule is CCCCN(C(=O)CN1CC(c2cc(OC)c3c(c2)OCO3)C(C(=O)O)C1CN1CCCC1=O)c1cccnc1. The van der Waals surface area contributed by atoms with Gasteiger partial charge in [-0.05, 0) is 42.7 Å². The van der Waals surface area contributed by atoms with Crippen molar-refractivity contribution in [2.24, 2.45) is 5.92 Å². The summed E-state index contributed by atoms with van der Waals surface area (Å²) in [5, 5.41) is 10.5. The van der Waals surface area contributed by atoms with Crippen LogP contribution in [0.4, 0.5) is 5.69 Å². The number of nitrogens with zero attached hydrogens (tertiary/aromatic N) is 4. The van der Waals surface area contributed by atoms with Crippen molar-refractivity contribution >= 4 is 23.5 Å². The zero-order chi connectivity index (χ0) is 28.2. The van der Waals surface area contributed by atoms with Crippen LogP contribution < -0.4 is 19.1 Å². The fraction of sp³-hybridized carbons (Fsp3) is 0.517. The summed E-state index contributed by atoms with van der Waals surface area (Å²) in [5.74, 6) is -0.934. The normalized spacial score (nSPS) is 22.1. The van der Waals surface area contributed by atoms with Gasteiger partial charge >= 0.3 is 5.97 Å². The van der Waals surface area contributed by atoms with E-state index in [1.807, 2.05) is 11.0 Å². The van der Waals surface area contributed by atoms with Crippen molar-refractivity contribution in [2.75, 3.05) is 51.5 Å². The number of fused-ring (bicyclic) bond motifs is 1. The van der Waals surface area contributed by atoms with E-state index in [2.05, 4.69) is 11.9 Å². The van der Waals surface area contributed by atoms with E-state index < -0.39 is 23.8 Å². The number of likely N-dealkylation sites (tertiary alicyclic amines) is 2. The molecule has 0 saturated carbocycles. The third-order valence-electron chi connectivity index (χ3n) is 8.05. The number of carbonyl (C=O) groups is 3. The zero-order valence-corrected chi connectivity index (χ0v) is 23.0. The average Bonchev–Trinajstić information content (AvgIpc) is 3.68. The largest absolute Gasteiger partial charge is 0.493 e. The Kier molecular flexibility index (Phi) is 8.39. The van der Waals surface area contributed by atoms with E-state index in [-0.39, 0.29) is 31.7 Å². The molecule has 2 fully saturated rings. The molecule has 2 aromatic rings. The first kappa shape index (κ1) is 27.7. The maximum atomic E-state index is 13.8. The lowest BCUT2D eigenvalue weighted by Crippen LogP contribution is -2.49. The van der Waals surface area contributed by atoms with Gasteiger partial charge in [-0.1, -0.05) is 13.3 Å². The molecule has 3 aliphatic rings. The summed E-state index contributed by atoms with van der Waals surface area (Å²) in [5.41, 5.74) is 1.44. The second-order valence-corrected chi connectivity index (χ2v) is 10.5. The third kappa shape index (κ3) is 5.56. The number of aromatic nitrogens is 1. The Balaban J connectivity index is 1.48. The number of hydrogen-bond acceptors (Lipinski definition) is 8. The quantitative estimate of drug-likeness (QED) is 0.448. The van der Waals surface area contributed by atoms with Crippen LogP contribution in [0.5, 0.6) is 17.2 Å². The van der Waals surface area contributed by atoms with Crippen molar-refractivity contribution in [3.63, 3.8) is 0 Å². The number of hydrogen-bond donors (Lipinski definition) is 1. The molecule has 1 N–H and O–H groups in total. The number of amides is 2. The minimum absolute atomic E-state index is 0.0172. The minimum atomic E-state index is -0.969. The topological polar surface area (TPSA) is 122 Å². The molecular weight excluding hydrogens is 516 g/mol. The van der Waals surface area contributed by atoms with Crippen molar-refractivity contribution in [2.45, 2.75) is 44.6 Å². The maximum Gasteiger partial charge on any atom is 0.308 e. The molecule has 40 heavy (non-hydrogen) atoms. The van der Waals surface area contributed by atoms with Crippen molar-refractivity contribution in [1.82, 2.24) is 14.8 Å². The number of methoxy groups -OCH3 is 1. The Morgan fingerprint density at radius 2 is 2.12 bits per heavy atom. The van der Waals surface area contributed by atoms with Gasteiger partial charge in [-0.15, -0.1) is 0 Å². The number of carbonyl (C=O) groups excluding carboxylic acids is 2. The summed E-state index contributed by atoms with van der Waals surface area (Å²) >= 11 is 0. The van der Waals surface area contributed by atoms with E-state index in [0.29, 0.717) is 49.0 Å². The molecule has 0 aliphatic carbocycles. The molecular formula is C29H36N4O7. The molecule has 3 unspecified atom stereocenters. The number of ether oxygens (including phenoxy) is 3. The molecule has 0 bridgehead atoms. The summed E-state index contributed by atoms with van der Waals surface area (Å²) in [7, 11) is 1.53. The molecule has 3 atom stereocenters. The van der Waals surface area contributed by atoms with Crippen molar-refractivity contribution < 1.29 is 33.7 Å². The van der Waals surface area contributed by atoms with Crippen molar-refractivity contribution in [3.8, 4) is 17.2 Å². The van der Waals surface area contributed by atoms with Crippen molar-refractivity contribution in [3.05, 3.63) is 42.2 Å². The fourth-order valence-electron chi connectivity index (χ4n) is 6.03. The number of aliphatic carboxylic acids is 1. The lowest BCUT2D eigenvalue weighted by Gasteiger charge is -2.32. The highest BCUT2D eigenvalue weighted by atomic mass is 16.7. The van der Waals surface area contributed by atoms with E-state index in [9.17, 15) is 19.5 Å². The first-order valence-electron chi connectivity index (χ1n) is 13.8. The molecule has 2 amide bonds. The number of carboxylic acids is 1. The molecule has 1 aromatic carbocycles. The highest BCUT2D eigenvalue weighted by Crippen LogP contribution is 2.47. The Hall–Kier alpha value is -3.86. The van der Waals surface area contributed by atoms with E-state index in [1.165, 1.54) is 7.11 Å². The van der Waals surface area contributed by atoms with Gasteiger partial charge in [0, 0.05) is 50.8 Å². The summed E-state index contributed by atoms with van der Waals surface area (Å²) in [6.45, 7) is 3.85. The zero-order valence-electron chi connectivity index (χ0n) is 23.0. The molecule has 4 heterocycles. The fourth-order valence-corrected chi connectivity index (χ4v) is 6.03. The van der Waals surface area contributed by atoms with Gasteiger partial charge in [0.25, 0.3) is 0 Å². The van der Waals surface area contributed by atoms with E-state index in [4.69, 9.17) is 14.2 Å². The third-order valence-corrected chi connectivity index (χ3v) is 8.05. The number of pyridine rings is 1. The molecule has 1 aromatic heterocycles. The number of carboxylic acid groups (broad SMARTS) is 1. The molecule has 0 radical (unpaired) electrons. The molecule has 3 aliphatic heterocycles. The van der Waals surface area contributed by atoms with E-state index in [0.717, 1.165) is 24.8 Å². The van der Waals surface area contributed by atoms with Gasteiger partial charge in [0.15, 0.2) is 11.5 Å². The van der Waals surface area contributed by atoms with Gasteiger partial charge in [0.1, 0.15) is 0 Å². The Morgan fingerprint density at radius 1 is 1.27 bits per heavy atom. The maximum absolute atomic E-state index is 13.8. The Labute approximate surface area is 233 Å². The van der Waals surface area contributed by atoms with Crippen molar-refractivity contribution in [1.29, 1.82) is 0 Å². The Bertz CT molecular complexity index is 1240. The standard InChI is InChI=1S/C29H36N4O7/c1-3-4-11-33(20-7-5-9-30-14-20)26(35)17-32-15-21(19-12-23(38-2)28-24(13-19)39-18-40-28)27(29(36)37)22(32)16-31-10-6-8-25(31)34/h5,7,9,12-14,21-22,27H,3-4,6,8,10-11,15-18H2,1-2H3,(H,36,37). The molecule has 2 saturated heterocycles. The molecule has 11 nitrogen and oxygen atoms in total. The summed E-state index contributed by atoms with van der Waals surface area (Å²) in [6, 6.07) is 6.69. The summed E-state index contributed by atoms with van der Waals surface area (Å²) < 4.78 is 16.7. The van der Waals surface area contributed by atoms with Crippen LogP contribution in [0.1, 0.15) is 44.1 Å². The highest BCUT2D eigenvalue weighted by molar-refractivity contribution is 5.94. The number of rotatable bonds is 11. The van der Waals surface area contributed by atoms with E-state index in [1.54, 1.807) is 40.4 Å². The summed E-state index contributed by atoms with van der Waals surface area (Å²) in [6.07, 6.45) is 6.28. The second kappa shape index (κ2) is 12.1. The Morgan fingerprint density at radius 3 is 2.80 bits per heavy atom. The predicted octanol–water partition coefficient (Wildman–Crippen LogP) is 2.74. The van der Waals surface area contributed by atoms with Gasteiger partial charge in [0.2, 0.25) is 24.4 Å². The molecule has 214 valence electrons. The molecule has 11 heteroatoms. The lowest BCUT2D eigenvalue weighted by atomic mass is 9.84. The van der Waals surface area contributed by atoms with E-state index >= 15 is 0 Å². The second-order valence-electron chi connectivity index (χ2n) is 10.5. The van der Waals surface area contributed by atoms with Crippen LogP contribution in [0.15, 0.2) is 36.7 Å². The smallest absolute Gasteiger partial charge is 0.308 e. The van der Waals surface area contributed by atoms with Crippen LogP contribution in [0, 0.1) is 5.92 Å². The molecule has 5 rings (SSSR count). The van der Waals surface area contributed by atoms with Crippen LogP contribution in [-0.2, 0) is 14.4 Å². The van der Waals surface area contributed by atoms with Crippen LogP contribution in [-0.4, -0.2) is 90.3 Å². The van der Waals surface area contributed by atoms with Crippen LogP contribution in [0.25, 0.3) is 0 Å². The van der Waals surface area contributed by atoms with Gasteiger partial charge in [-0.25, -0.2) is 0 Å². The number of unbranched alkanes of at least 4 members (excludes halogenated alkanes) is 1. The number of benzene rings is 1.